The van der Waals surface area contributed by atoms with Gasteiger partial charge in [-0.1, -0.05) is 36.4 Å². The standard InChI is InChI=1S/C19H19N5/c1-13-6-5-7-14(2)18(13)22-19-21-17(12-20-23-19)24-11-10-15-8-3-4-9-16(15)24/h3-9,12H,10-11H2,1-2H3,(H,21,22,23). The largest absolute Gasteiger partial charge is 0.324 e. The van der Waals surface area contributed by atoms with Crippen molar-refractivity contribution in [2.24, 2.45) is 0 Å². The molecule has 1 aliphatic rings. The van der Waals surface area contributed by atoms with Crippen molar-refractivity contribution in [2.75, 3.05) is 16.8 Å². The summed E-state index contributed by atoms with van der Waals surface area (Å²) in [5.41, 5.74) is 5.92. The number of fused-ring (bicyclic) bond motifs is 1. The summed E-state index contributed by atoms with van der Waals surface area (Å²) in [5.74, 6) is 1.35. The summed E-state index contributed by atoms with van der Waals surface area (Å²) in [6.45, 7) is 5.06. The van der Waals surface area contributed by atoms with Crippen molar-refractivity contribution in [2.45, 2.75) is 20.3 Å². The monoisotopic (exact) mass is 317 g/mol. The maximum absolute atomic E-state index is 4.67. The second-order valence-corrected chi connectivity index (χ2v) is 6.06. The van der Waals surface area contributed by atoms with Crippen LogP contribution in [0.15, 0.2) is 48.7 Å². The average Bonchev–Trinajstić information content (AvgIpc) is 3.03. The van der Waals surface area contributed by atoms with Crippen molar-refractivity contribution >= 4 is 23.1 Å². The lowest BCUT2D eigenvalue weighted by Gasteiger charge is -2.18. The van der Waals surface area contributed by atoms with E-state index in [1.165, 1.54) is 11.3 Å². The van der Waals surface area contributed by atoms with E-state index in [1.54, 1.807) is 6.20 Å². The van der Waals surface area contributed by atoms with Crippen LogP contribution in [0.3, 0.4) is 0 Å². The molecular formula is C19H19N5. The third-order valence-corrected chi connectivity index (χ3v) is 4.43. The minimum absolute atomic E-state index is 0.522. The number of hydrogen-bond acceptors (Lipinski definition) is 5. The van der Waals surface area contributed by atoms with Gasteiger partial charge in [-0.2, -0.15) is 10.1 Å². The lowest BCUT2D eigenvalue weighted by atomic mass is 10.1. The fourth-order valence-electron chi connectivity index (χ4n) is 3.18. The van der Waals surface area contributed by atoms with Gasteiger partial charge in [-0.05, 0) is 43.0 Å². The van der Waals surface area contributed by atoms with Crippen molar-refractivity contribution in [3.8, 4) is 0 Å². The van der Waals surface area contributed by atoms with E-state index < -0.39 is 0 Å². The first-order valence-electron chi connectivity index (χ1n) is 8.11. The summed E-state index contributed by atoms with van der Waals surface area (Å²) in [5, 5.41) is 11.6. The molecule has 5 heteroatoms. The molecule has 1 aromatic heterocycles. The van der Waals surface area contributed by atoms with Crippen molar-refractivity contribution in [1.29, 1.82) is 0 Å². The molecule has 1 aliphatic heterocycles. The molecule has 2 heterocycles. The molecule has 0 unspecified atom stereocenters. The minimum Gasteiger partial charge on any atom is -0.324 e. The van der Waals surface area contributed by atoms with Crippen LogP contribution in [0.5, 0.6) is 0 Å². The van der Waals surface area contributed by atoms with Gasteiger partial charge in [-0.3, -0.25) is 0 Å². The van der Waals surface area contributed by atoms with Gasteiger partial charge in [-0.25, -0.2) is 0 Å². The van der Waals surface area contributed by atoms with Gasteiger partial charge in [-0.15, -0.1) is 5.10 Å². The summed E-state index contributed by atoms with van der Waals surface area (Å²) in [7, 11) is 0. The van der Waals surface area contributed by atoms with E-state index in [2.05, 4.69) is 75.6 Å². The van der Waals surface area contributed by atoms with Crippen LogP contribution >= 0.6 is 0 Å². The van der Waals surface area contributed by atoms with Crippen molar-refractivity contribution in [1.82, 2.24) is 15.2 Å². The first-order valence-corrected chi connectivity index (χ1v) is 8.11. The lowest BCUT2D eigenvalue weighted by molar-refractivity contribution is 0.919. The first-order chi connectivity index (χ1) is 11.7. The number of para-hydroxylation sites is 2. The molecule has 5 nitrogen and oxygen atoms in total. The Morgan fingerprint density at radius 3 is 2.62 bits per heavy atom. The summed E-state index contributed by atoms with van der Waals surface area (Å²) < 4.78 is 0. The Labute approximate surface area is 141 Å². The van der Waals surface area contributed by atoms with E-state index in [4.69, 9.17) is 0 Å². The highest BCUT2D eigenvalue weighted by Gasteiger charge is 2.21. The van der Waals surface area contributed by atoms with Gasteiger partial charge in [0, 0.05) is 17.9 Å². The van der Waals surface area contributed by atoms with E-state index in [-0.39, 0.29) is 0 Å². The Balaban J connectivity index is 1.66. The molecule has 2 aromatic carbocycles. The van der Waals surface area contributed by atoms with Gasteiger partial charge >= 0.3 is 0 Å². The smallest absolute Gasteiger partial charge is 0.249 e. The Bertz CT molecular complexity index is 870. The van der Waals surface area contributed by atoms with Gasteiger partial charge in [0.15, 0.2) is 5.82 Å². The zero-order chi connectivity index (χ0) is 16.5. The predicted molar refractivity (Wildman–Crippen MR) is 96.2 cm³/mol. The quantitative estimate of drug-likeness (QED) is 0.793. The molecule has 0 saturated carbocycles. The summed E-state index contributed by atoms with van der Waals surface area (Å²) >= 11 is 0. The number of rotatable bonds is 3. The van der Waals surface area contributed by atoms with Gasteiger partial charge in [0.25, 0.3) is 0 Å². The Kier molecular flexibility index (Phi) is 3.61. The molecule has 0 saturated heterocycles. The maximum Gasteiger partial charge on any atom is 0.249 e. The molecule has 120 valence electrons. The second-order valence-electron chi connectivity index (χ2n) is 6.06. The molecule has 0 radical (unpaired) electrons. The molecular weight excluding hydrogens is 298 g/mol. The number of benzene rings is 2. The number of aromatic nitrogens is 3. The molecule has 4 rings (SSSR count). The molecule has 0 amide bonds. The molecule has 0 bridgehead atoms. The van der Waals surface area contributed by atoms with Crippen LogP contribution in [0.4, 0.5) is 23.1 Å². The van der Waals surface area contributed by atoms with Crippen LogP contribution in [-0.2, 0) is 6.42 Å². The van der Waals surface area contributed by atoms with Crippen LogP contribution in [0, 0.1) is 13.8 Å². The van der Waals surface area contributed by atoms with E-state index in [1.807, 2.05) is 6.07 Å². The molecule has 1 N–H and O–H groups in total. The van der Waals surface area contributed by atoms with E-state index in [0.717, 1.165) is 35.6 Å². The highest BCUT2D eigenvalue weighted by Crippen LogP contribution is 2.33. The number of aryl methyl sites for hydroxylation is 2. The van der Waals surface area contributed by atoms with Crippen LogP contribution in [0.2, 0.25) is 0 Å². The van der Waals surface area contributed by atoms with Gasteiger partial charge in [0.2, 0.25) is 5.95 Å². The first kappa shape index (κ1) is 14.6. The SMILES string of the molecule is Cc1cccc(C)c1Nc1nncc(N2CCc3ccccc32)n1. The summed E-state index contributed by atoms with van der Waals surface area (Å²) in [6.07, 6.45) is 2.75. The van der Waals surface area contributed by atoms with Crippen LogP contribution < -0.4 is 10.2 Å². The third kappa shape index (κ3) is 2.58. The summed E-state index contributed by atoms with van der Waals surface area (Å²) in [6, 6.07) is 14.6. The van der Waals surface area contributed by atoms with Crippen molar-refractivity contribution in [3.05, 3.63) is 65.4 Å². The minimum atomic E-state index is 0.522. The number of nitrogens with zero attached hydrogens (tertiary/aromatic N) is 4. The number of nitrogens with one attached hydrogen (secondary N) is 1. The Morgan fingerprint density at radius 2 is 1.79 bits per heavy atom. The van der Waals surface area contributed by atoms with Gasteiger partial charge in [0.05, 0.1) is 6.20 Å². The molecule has 0 aliphatic carbocycles. The molecule has 24 heavy (non-hydrogen) atoms. The van der Waals surface area contributed by atoms with Crippen LogP contribution in [0.1, 0.15) is 16.7 Å². The number of anilines is 4. The third-order valence-electron chi connectivity index (χ3n) is 4.43. The van der Waals surface area contributed by atoms with Gasteiger partial charge in [0.1, 0.15) is 0 Å². The Morgan fingerprint density at radius 1 is 1.00 bits per heavy atom. The van der Waals surface area contributed by atoms with Crippen molar-refractivity contribution in [3.63, 3.8) is 0 Å². The highest BCUT2D eigenvalue weighted by molar-refractivity contribution is 5.68. The topological polar surface area (TPSA) is 53.9 Å². The van der Waals surface area contributed by atoms with Gasteiger partial charge < -0.3 is 10.2 Å². The zero-order valence-corrected chi connectivity index (χ0v) is 13.8. The fraction of sp³-hybridized carbons (Fsp3) is 0.211. The molecule has 0 atom stereocenters. The molecule has 0 spiro atoms. The van der Waals surface area contributed by atoms with E-state index >= 15 is 0 Å². The molecule has 0 fully saturated rings. The zero-order valence-electron chi connectivity index (χ0n) is 13.8. The second kappa shape index (κ2) is 5.92. The van der Waals surface area contributed by atoms with Crippen LogP contribution in [0.25, 0.3) is 0 Å². The lowest BCUT2D eigenvalue weighted by Crippen LogP contribution is -2.16. The fourth-order valence-corrected chi connectivity index (χ4v) is 3.18. The average molecular weight is 317 g/mol. The summed E-state index contributed by atoms with van der Waals surface area (Å²) in [4.78, 5) is 6.87. The normalized spacial score (nSPS) is 13.0. The van der Waals surface area contributed by atoms with Crippen molar-refractivity contribution < 1.29 is 0 Å². The maximum atomic E-state index is 4.67. The van der Waals surface area contributed by atoms with E-state index in [9.17, 15) is 0 Å². The predicted octanol–water partition coefficient (Wildman–Crippen LogP) is 3.93. The van der Waals surface area contributed by atoms with Crippen LogP contribution in [-0.4, -0.2) is 21.7 Å². The Hall–Kier alpha value is -2.95. The highest BCUT2D eigenvalue weighted by atomic mass is 15.3. The number of hydrogen-bond donors (Lipinski definition) is 1. The molecule has 3 aromatic rings. The van der Waals surface area contributed by atoms with E-state index in [0.29, 0.717) is 5.95 Å².